The summed E-state index contributed by atoms with van der Waals surface area (Å²) in [5, 5.41) is 3.32. The minimum atomic E-state index is -2.73. The second-order valence-electron chi connectivity index (χ2n) is 7.81. The number of benzene rings is 1. The van der Waals surface area contributed by atoms with Crippen molar-refractivity contribution in [2.75, 3.05) is 31.9 Å². The first-order chi connectivity index (χ1) is 15.3. The third-order valence-corrected chi connectivity index (χ3v) is 8.02. The number of carbonyl (C=O) groups is 2. The van der Waals surface area contributed by atoms with Crippen molar-refractivity contribution >= 4 is 34.2 Å². The van der Waals surface area contributed by atoms with E-state index in [1.807, 2.05) is 0 Å². The van der Waals surface area contributed by atoms with E-state index >= 15 is 0 Å². The van der Waals surface area contributed by atoms with Crippen LogP contribution in [0.3, 0.4) is 0 Å². The van der Waals surface area contributed by atoms with Gasteiger partial charge in [-0.15, -0.1) is 10.8 Å². The molecule has 0 atom stereocenters. The Kier molecular flexibility index (Phi) is 6.59. The van der Waals surface area contributed by atoms with Crippen LogP contribution in [-0.4, -0.2) is 66.6 Å². The SMILES string of the molecule is O=C(NCc1ccc(Cl)cc1)c1ccc2n(c1=O)CCN(CCN1CCCS1(O)O)C2=O. The highest BCUT2D eigenvalue weighted by Crippen LogP contribution is 2.47. The number of nitrogens with zero attached hydrogens (tertiary/aromatic N) is 3. The van der Waals surface area contributed by atoms with Gasteiger partial charge in [0.25, 0.3) is 17.4 Å². The third kappa shape index (κ3) is 4.69. The Balaban J connectivity index is 1.42. The van der Waals surface area contributed by atoms with E-state index in [-0.39, 0.29) is 30.3 Å². The molecule has 2 aliphatic rings. The van der Waals surface area contributed by atoms with Crippen molar-refractivity contribution in [1.29, 1.82) is 0 Å². The number of amides is 2. The molecule has 0 spiro atoms. The molecule has 1 fully saturated rings. The lowest BCUT2D eigenvalue weighted by atomic mass is 10.1. The first-order valence-corrected chi connectivity index (χ1v) is 12.4. The van der Waals surface area contributed by atoms with Gasteiger partial charge in [-0.2, -0.15) is 0 Å². The molecular weight excluding hydrogens is 456 g/mol. The molecule has 0 radical (unpaired) electrons. The minimum absolute atomic E-state index is 0.0185. The summed E-state index contributed by atoms with van der Waals surface area (Å²) >= 11 is 5.86. The fraction of sp³-hybridized carbons (Fsp3) is 0.381. The number of halogens is 1. The van der Waals surface area contributed by atoms with Gasteiger partial charge in [-0.25, -0.2) is 4.31 Å². The average Bonchev–Trinajstić information content (AvgIpc) is 3.11. The fourth-order valence-corrected chi connectivity index (χ4v) is 5.63. The van der Waals surface area contributed by atoms with Crippen molar-refractivity contribution < 1.29 is 18.7 Å². The van der Waals surface area contributed by atoms with Crippen LogP contribution in [0.5, 0.6) is 0 Å². The Morgan fingerprint density at radius 1 is 1.03 bits per heavy atom. The molecule has 4 rings (SSSR count). The van der Waals surface area contributed by atoms with E-state index in [2.05, 4.69) is 5.32 Å². The van der Waals surface area contributed by atoms with Crippen LogP contribution in [-0.2, 0) is 13.1 Å². The van der Waals surface area contributed by atoms with Gasteiger partial charge in [0.1, 0.15) is 11.3 Å². The average molecular weight is 481 g/mol. The van der Waals surface area contributed by atoms with E-state index in [4.69, 9.17) is 11.6 Å². The first kappa shape index (κ1) is 22.8. The predicted octanol–water partition coefficient (Wildman–Crippen LogP) is 2.26. The molecular formula is C21H25ClN4O5S. The molecule has 32 heavy (non-hydrogen) atoms. The number of fused-ring (bicyclic) bond motifs is 1. The van der Waals surface area contributed by atoms with Crippen LogP contribution in [0, 0.1) is 0 Å². The van der Waals surface area contributed by atoms with Crippen LogP contribution in [0.1, 0.15) is 32.8 Å². The number of nitrogens with one attached hydrogen (secondary N) is 1. The molecule has 1 aromatic carbocycles. The highest BCUT2D eigenvalue weighted by atomic mass is 35.5. The van der Waals surface area contributed by atoms with E-state index in [1.165, 1.54) is 16.7 Å². The lowest BCUT2D eigenvalue weighted by molar-refractivity contribution is 0.0690. The highest BCUT2D eigenvalue weighted by molar-refractivity contribution is 8.22. The summed E-state index contributed by atoms with van der Waals surface area (Å²) in [6.07, 6.45) is 0.720. The number of pyridine rings is 1. The Labute approximate surface area is 192 Å². The van der Waals surface area contributed by atoms with Crippen LogP contribution in [0.15, 0.2) is 41.2 Å². The van der Waals surface area contributed by atoms with Crippen LogP contribution in [0.25, 0.3) is 0 Å². The van der Waals surface area contributed by atoms with Gasteiger partial charge < -0.3 is 14.8 Å². The Bertz CT molecular complexity index is 1090. The lowest BCUT2D eigenvalue weighted by Crippen LogP contribution is -2.48. The van der Waals surface area contributed by atoms with Crippen molar-refractivity contribution in [2.45, 2.75) is 19.5 Å². The molecule has 0 bridgehead atoms. The zero-order valence-electron chi connectivity index (χ0n) is 17.4. The van der Waals surface area contributed by atoms with Crippen molar-refractivity contribution in [2.24, 2.45) is 0 Å². The monoisotopic (exact) mass is 480 g/mol. The van der Waals surface area contributed by atoms with E-state index in [9.17, 15) is 23.5 Å². The second-order valence-corrected chi connectivity index (χ2v) is 10.4. The molecule has 3 heterocycles. The van der Waals surface area contributed by atoms with E-state index in [0.29, 0.717) is 37.0 Å². The summed E-state index contributed by atoms with van der Waals surface area (Å²) in [4.78, 5) is 39.9. The molecule has 2 aliphatic heterocycles. The molecule has 172 valence electrons. The Morgan fingerprint density at radius 2 is 1.78 bits per heavy atom. The van der Waals surface area contributed by atoms with Crippen LogP contribution in [0.4, 0.5) is 0 Å². The van der Waals surface area contributed by atoms with Crippen LogP contribution in [0.2, 0.25) is 5.02 Å². The number of aromatic nitrogens is 1. The van der Waals surface area contributed by atoms with Gasteiger partial charge in [-0.3, -0.25) is 23.5 Å². The maximum absolute atomic E-state index is 12.9. The van der Waals surface area contributed by atoms with Crippen molar-refractivity contribution in [3.8, 4) is 0 Å². The molecule has 11 heteroatoms. The number of carbonyl (C=O) groups excluding carboxylic acids is 2. The third-order valence-electron chi connectivity index (χ3n) is 5.74. The van der Waals surface area contributed by atoms with Gasteiger partial charge >= 0.3 is 0 Å². The van der Waals surface area contributed by atoms with Gasteiger partial charge in [0.05, 0.1) is 5.75 Å². The highest BCUT2D eigenvalue weighted by Gasteiger charge is 2.31. The molecule has 1 saturated heterocycles. The largest absolute Gasteiger partial charge is 0.348 e. The Hall–Kier alpha value is -2.37. The molecule has 0 unspecified atom stereocenters. The molecule has 2 amide bonds. The topological polar surface area (TPSA) is 115 Å². The standard InChI is InChI=1S/C21H25ClN4O5S/c22-16-4-2-15(3-5-16)14-23-19(27)17-6-7-18-21(29)24(10-12-26(18)20(17)28)9-11-25-8-1-13-32(25,30)31/h2-7,30-31H,1,8-14H2,(H,23,27). The van der Waals surface area contributed by atoms with Crippen molar-refractivity contribution in [1.82, 2.24) is 19.1 Å². The normalized spacial score (nSPS) is 19.0. The smallest absolute Gasteiger partial charge is 0.270 e. The summed E-state index contributed by atoms with van der Waals surface area (Å²) in [5.41, 5.74) is 0.553. The van der Waals surface area contributed by atoms with Crippen molar-refractivity contribution in [3.63, 3.8) is 0 Å². The quantitative estimate of drug-likeness (QED) is 0.584. The summed E-state index contributed by atoms with van der Waals surface area (Å²) in [6, 6.07) is 9.90. The summed E-state index contributed by atoms with van der Waals surface area (Å²) < 4.78 is 23.0. The number of rotatable bonds is 6. The van der Waals surface area contributed by atoms with E-state index in [1.54, 1.807) is 33.5 Å². The summed E-state index contributed by atoms with van der Waals surface area (Å²) in [5.74, 6) is -0.450. The Morgan fingerprint density at radius 3 is 2.47 bits per heavy atom. The molecule has 9 nitrogen and oxygen atoms in total. The maximum Gasteiger partial charge on any atom is 0.270 e. The second kappa shape index (κ2) is 9.24. The van der Waals surface area contributed by atoms with Crippen molar-refractivity contribution in [3.05, 3.63) is 68.6 Å². The molecule has 3 N–H and O–H groups in total. The van der Waals surface area contributed by atoms with Gasteiger partial charge in [0.2, 0.25) is 0 Å². The zero-order chi connectivity index (χ0) is 22.9. The lowest BCUT2D eigenvalue weighted by Gasteiger charge is -2.38. The predicted molar refractivity (Wildman–Crippen MR) is 123 cm³/mol. The number of hydrogen-bond donors (Lipinski definition) is 3. The van der Waals surface area contributed by atoms with Crippen LogP contribution < -0.4 is 10.9 Å². The maximum atomic E-state index is 12.9. The van der Waals surface area contributed by atoms with Gasteiger partial charge in [0, 0.05) is 44.3 Å². The minimum Gasteiger partial charge on any atom is -0.348 e. The van der Waals surface area contributed by atoms with E-state index < -0.39 is 22.2 Å². The number of hydrogen-bond acceptors (Lipinski definition) is 6. The van der Waals surface area contributed by atoms with Crippen LogP contribution >= 0.6 is 22.4 Å². The molecule has 0 aliphatic carbocycles. The van der Waals surface area contributed by atoms with E-state index in [0.717, 1.165) is 12.0 Å². The van der Waals surface area contributed by atoms with Gasteiger partial charge in [-0.05, 0) is 36.2 Å². The molecule has 2 aromatic rings. The first-order valence-electron chi connectivity index (χ1n) is 10.3. The molecule has 0 saturated carbocycles. The van der Waals surface area contributed by atoms with Gasteiger partial charge in [0.15, 0.2) is 0 Å². The summed E-state index contributed by atoms with van der Waals surface area (Å²) in [7, 11) is -2.73. The zero-order valence-corrected chi connectivity index (χ0v) is 18.9. The molecule has 1 aromatic heterocycles. The summed E-state index contributed by atoms with van der Waals surface area (Å²) in [6.45, 7) is 2.13. The van der Waals surface area contributed by atoms with Gasteiger partial charge in [-0.1, -0.05) is 23.7 Å². The fourth-order valence-electron chi connectivity index (χ4n) is 3.94.